The Morgan fingerprint density at radius 2 is 0.571 bits per heavy atom. The first kappa shape index (κ1) is 65.8. The van der Waals surface area contributed by atoms with E-state index in [1.807, 2.05) is 0 Å². The number of carbonyl (C=O) groups is 3. The molecule has 6 heteroatoms. The molecule has 0 aliphatic carbocycles. The van der Waals surface area contributed by atoms with Crippen LogP contribution in [0.15, 0.2) is 122 Å². The van der Waals surface area contributed by atoms with Gasteiger partial charge in [0, 0.05) is 19.3 Å². The van der Waals surface area contributed by atoms with E-state index in [0.29, 0.717) is 19.3 Å². The van der Waals surface area contributed by atoms with Gasteiger partial charge in [0.05, 0.1) is 0 Å². The Kier molecular flexibility index (Phi) is 54.0. The molecule has 0 bridgehead atoms. The van der Waals surface area contributed by atoms with Crippen LogP contribution >= 0.6 is 0 Å². The first-order chi connectivity index (χ1) is 34.5. The Bertz CT molecular complexity index is 1490. The second-order valence-electron chi connectivity index (χ2n) is 18.4. The average molecular weight is 970 g/mol. The molecule has 0 aromatic rings. The molecule has 396 valence electrons. The molecule has 0 N–H and O–H groups in total. The monoisotopic (exact) mass is 969 g/mol. The molecule has 0 fully saturated rings. The van der Waals surface area contributed by atoms with E-state index in [1.165, 1.54) is 70.6 Å². The Balaban J connectivity index is 4.52. The smallest absolute Gasteiger partial charge is 0.306 e. The fourth-order valence-electron chi connectivity index (χ4n) is 7.46. The van der Waals surface area contributed by atoms with Crippen LogP contribution in [0.1, 0.15) is 245 Å². The molecule has 0 aliphatic rings. The van der Waals surface area contributed by atoms with E-state index < -0.39 is 6.10 Å². The topological polar surface area (TPSA) is 78.9 Å². The number of rotatable bonds is 50. The van der Waals surface area contributed by atoms with Crippen LogP contribution in [0.2, 0.25) is 0 Å². The van der Waals surface area contributed by atoms with Crippen LogP contribution in [0.5, 0.6) is 0 Å². The number of hydrogen-bond donors (Lipinski definition) is 0. The molecule has 70 heavy (non-hydrogen) atoms. The second kappa shape index (κ2) is 57.4. The highest BCUT2D eigenvalue weighted by atomic mass is 16.6. The maximum Gasteiger partial charge on any atom is 0.306 e. The van der Waals surface area contributed by atoms with Crippen LogP contribution in [0.4, 0.5) is 0 Å². The molecule has 6 nitrogen and oxygen atoms in total. The standard InChI is InChI=1S/C64H104O6/c1-4-7-10-13-16-19-22-25-28-31-32-34-36-39-42-45-48-51-54-57-63(66)69-60-61(59-68-62(65)56-53-50-47-44-41-38-35-30-27-24-21-18-15-12-9-6-3)70-64(67)58-55-52-49-46-43-40-37-33-29-26-23-20-17-14-11-8-5-2/h7,9-10,12,16,18-19,21,25-30,32,34,37,40,46,49,61H,4-6,8,11,13-15,17,20,22-24,31,33,35-36,38-39,41-45,47-48,50-60H2,1-3H3/b10-7-,12-9-,19-16-,21-18-,28-25-,29-26-,30-27-,34-32-,40-37-,49-46-. The highest BCUT2D eigenvalue weighted by molar-refractivity contribution is 5.71. The average Bonchev–Trinajstić information content (AvgIpc) is 3.36. The Morgan fingerprint density at radius 1 is 0.300 bits per heavy atom. The van der Waals surface area contributed by atoms with Crippen molar-refractivity contribution in [2.75, 3.05) is 13.2 Å². The number of hydrogen-bond acceptors (Lipinski definition) is 6. The second-order valence-corrected chi connectivity index (χ2v) is 18.4. The van der Waals surface area contributed by atoms with E-state index in [-0.39, 0.29) is 37.5 Å². The van der Waals surface area contributed by atoms with Crippen molar-refractivity contribution in [3.8, 4) is 0 Å². The summed E-state index contributed by atoms with van der Waals surface area (Å²) in [4.78, 5) is 38.2. The van der Waals surface area contributed by atoms with Gasteiger partial charge in [-0.2, -0.15) is 0 Å². The van der Waals surface area contributed by atoms with Crippen LogP contribution in [0.25, 0.3) is 0 Å². The van der Waals surface area contributed by atoms with Crippen LogP contribution in [-0.2, 0) is 28.6 Å². The van der Waals surface area contributed by atoms with Crippen LogP contribution in [-0.4, -0.2) is 37.2 Å². The third-order valence-electron chi connectivity index (χ3n) is 11.7. The lowest BCUT2D eigenvalue weighted by Gasteiger charge is -2.18. The molecule has 1 atom stereocenters. The molecule has 0 heterocycles. The molecule has 0 aromatic carbocycles. The summed E-state index contributed by atoms with van der Waals surface area (Å²) in [5.41, 5.74) is 0. The zero-order chi connectivity index (χ0) is 50.7. The molecule has 0 saturated heterocycles. The van der Waals surface area contributed by atoms with Gasteiger partial charge in [0.1, 0.15) is 13.2 Å². The van der Waals surface area contributed by atoms with Crippen molar-refractivity contribution in [1.82, 2.24) is 0 Å². The fourth-order valence-corrected chi connectivity index (χ4v) is 7.46. The maximum atomic E-state index is 12.8. The summed E-state index contributed by atoms with van der Waals surface area (Å²) in [5.74, 6) is -0.994. The number of unbranched alkanes of at least 4 members (excludes halogenated alkanes) is 19. The van der Waals surface area contributed by atoms with Gasteiger partial charge >= 0.3 is 17.9 Å². The molecule has 0 rings (SSSR count). The fraction of sp³-hybridized carbons (Fsp3) is 0.641. The summed E-state index contributed by atoms with van der Waals surface area (Å²) >= 11 is 0. The molecule has 0 aromatic heterocycles. The van der Waals surface area contributed by atoms with Crippen LogP contribution < -0.4 is 0 Å². The van der Waals surface area contributed by atoms with Gasteiger partial charge in [-0.1, -0.05) is 226 Å². The SMILES string of the molecule is CC/C=C\C/C=C\C/C=C\C/C=C\CCCCCCCCC(=O)OCC(COC(=O)CCCCCCCC/C=C\C/C=C\C/C=C\CC)OC(=O)CCC/C=C\C/C=C\C/C=C\CCCCCCCC. The van der Waals surface area contributed by atoms with E-state index in [0.717, 1.165) is 128 Å². The van der Waals surface area contributed by atoms with Crippen molar-refractivity contribution in [1.29, 1.82) is 0 Å². The highest BCUT2D eigenvalue weighted by Gasteiger charge is 2.19. The maximum absolute atomic E-state index is 12.8. The minimum atomic E-state index is -0.820. The first-order valence-electron chi connectivity index (χ1n) is 28.5. The van der Waals surface area contributed by atoms with Gasteiger partial charge < -0.3 is 14.2 Å². The van der Waals surface area contributed by atoms with E-state index in [2.05, 4.69) is 142 Å². The quantitative estimate of drug-likeness (QED) is 0.0262. The summed E-state index contributed by atoms with van der Waals surface area (Å²) in [7, 11) is 0. The summed E-state index contributed by atoms with van der Waals surface area (Å²) in [6.07, 6.45) is 79.0. The molecule has 0 spiro atoms. The van der Waals surface area contributed by atoms with E-state index in [9.17, 15) is 14.4 Å². The van der Waals surface area contributed by atoms with Gasteiger partial charge in [-0.25, -0.2) is 0 Å². The summed E-state index contributed by atoms with van der Waals surface area (Å²) in [6, 6.07) is 0. The number of carbonyl (C=O) groups excluding carboxylic acids is 3. The molecule has 0 radical (unpaired) electrons. The van der Waals surface area contributed by atoms with Gasteiger partial charge in [-0.05, 0) is 122 Å². The van der Waals surface area contributed by atoms with E-state index >= 15 is 0 Å². The zero-order valence-corrected chi connectivity index (χ0v) is 45.2. The third-order valence-corrected chi connectivity index (χ3v) is 11.7. The molecule has 0 aliphatic heterocycles. The third kappa shape index (κ3) is 54.7. The Hall–Kier alpha value is -4.19. The molecule has 0 saturated carbocycles. The highest BCUT2D eigenvalue weighted by Crippen LogP contribution is 2.13. The van der Waals surface area contributed by atoms with Gasteiger partial charge in [-0.15, -0.1) is 0 Å². The molecular formula is C64H104O6. The lowest BCUT2D eigenvalue weighted by atomic mass is 10.1. The lowest BCUT2D eigenvalue weighted by molar-refractivity contribution is -0.167. The van der Waals surface area contributed by atoms with Gasteiger partial charge in [0.25, 0.3) is 0 Å². The number of allylic oxidation sites excluding steroid dienone is 20. The predicted octanol–water partition coefficient (Wildman–Crippen LogP) is 19.3. The predicted molar refractivity (Wildman–Crippen MR) is 302 cm³/mol. The number of ether oxygens (including phenoxy) is 3. The first-order valence-corrected chi connectivity index (χ1v) is 28.5. The van der Waals surface area contributed by atoms with E-state index in [4.69, 9.17) is 14.2 Å². The largest absolute Gasteiger partial charge is 0.462 e. The van der Waals surface area contributed by atoms with E-state index in [1.54, 1.807) is 0 Å². The lowest BCUT2D eigenvalue weighted by Crippen LogP contribution is -2.30. The Labute approximate surface area is 431 Å². The number of esters is 3. The Morgan fingerprint density at radius 3 is 0.914 bits per heavy atom. The summed E-state index contributed by atoms with van der Waals surface area (Å²) in [6.45, 7) is 6.34. The van der Waals surface area contributed by atoms with Crippen molar-refractivity contribution in [3.63, 3.8) is 0 Å². The molecule has 1 unspecified atom stereocenters. The van der Waals surface area contributed by atoms with Gasteiger partial charge in [0.2, 0.25) is 0 Å². The zero-order valence-electron chi connectivity index (χ0n) is 45.2. The minimum absolute atomic E-state index is 0.113. The van der Waals surface area contributed by atoms with Crippen LogP contribution in [0.3, 0.4) is 0 Å². The van der Waals surface area contributed by atoms with Crippen molar-refractivity contribution < 1.29 is 28.6 Å². The van der Waals surface area contributed by atoms with Crippen molar-refractivity contribution >= 4 is 17.9 Å². The van der Waals surface area contributed by atoms with Gasteiger partial charge in [0.15, 0.2) is 6.10 Å². The van der Waals surface area contributed by atoms with Crippen molar-refractivity contribution in [2.45, 2.75) is 252 Å². The van der Waals surface area contributed by atoms with Gasteiger partial charge in [-0.3, -0.25) is 14.4 Å². The normalized spacial score (nSPS) is 13.0. The van der Waals surface area contributed by atoms with Crippen molar-refractivity contribution in [3.05, 3.63) is 122 Å². The molecular weight excluding hydrogens is 865 g/mol. The summed E-state index contributed by atoms with van der Waals surface area (Å²) < 4.78 is 16.8. The van der Waals surface area contributed by atoms with Crippen molar-refractivity contribution in [2.24, 2.45) is 0 Å². The van der Waals surface area contributed by atoms with Crippen LogP contribution in [0, 0.1) is 0 Å². The molecule has 0 amide bonds. The minimum Gasteiger partial charge on any atom is -0.462 e. The summed E-state index contributed by atoms with van der Waals surface area (Å²) in [5, 5.41) is 0.